The summed E-state index contributed by atoms with van der Waals surface area (Å²) in [6.07, 6.45) is 2.07. The minimum Gasteiger partial charge on any atom is -0.370 e. The van der Waals surface area contributed by atoms with Crippen molar-refractivity contribution in [2.24, 2.45) is 22.4 Å². The van der Waals surface area contributed by atoms with Crippen LogP contribution in [0.5, 0.6) is 0 Å². The largest absolute Gasteiger partial charge is 0.370 e. The number of nitrogens with one attached hydrogen (secondary N) is 1. The average molecular weight is 270 g/mol. The molecule has 0 fully saturated rings. The van der Waals surface area contributed by atoms with Crippen molar-refractivity contribution >= 4 is 24.4 Å². The van der Waals surface area contributed by atoms with Crippen molar-refractivity contribution in [3.63, 3.8) is 0 Å². The molecule has 0 heterocycles. The van der Waals surface area contributed by atoms with Gasteiger partial charge in [-0.25, -0.2) is 4.99 Å². The van der Waals surface area contributed by atoms with Crippen LogP contribution in [0.25, 0.3) is 0 Å². The highest BCUT2D eigenvalue weighted by Crippen LogP contribution is 2.08. The van der Waals surface area contributed by atoms with E-state index in [1.54, 1.807) is 6.92 Å². The van der Waals surface area contributed by atoms with Crippen molar-refractivity contribution in [1.82, 2.24) is 5.32 Å². The first kappa shape index (κ1) is 17.2. The van der Waals surface area contributed by atoms with E-state index in [9.17, 15) is 14.4 Å². The molecule has 0 saturated carbocycles. The van der Waals surface area contributed by atoms with Gasteiger partial charge >= 0.3 is 0 Å². The second kappa shape index (κ2) is 9.21. The van der Waals surface area contributed by atoms with E-state index in [0.717, 1.165) is 12.8 Å². The standard InChI is InChI=1S/C12H22N4O3/c1-8(5-3-4-6-13)11(18)16-9(7-10(14)17)12(19)15-2/h8-9H,2-7,13H2,1H3,(H2,14,17)(H,16,18). The minimum atomic E-state index is -1.03. The number of carbonyl (C=O) groups is 3. The number of hydrogen-bond donors (Lipinski definition) is 3. The topological polar surface area (TPSA) is 128 Å². The highest BCUT2D eigenvalue weighted by Gasteiger charge is 2.24. The van der Waals surface area contributed by atoms with Crippen molar-refractivity contribution in [2.75, 3.05) is 6.54 Å². The molecule has 7 heteroatoms. The molecule has 0 radical (unpaired) electrons. The van der Waals surface area contributed by atoms with Crippen molar-refractivity contribution in [3.05, 3.63) is 0 Å². The van der Waals surface area contributed by atoms with Gasteiger partial charge in [-0.3, -0.25) is 14.4 Å². The third-order valence-corrected chi connectivity index (χ3v) is 2.71. The first-order valence-electron chi connectivity index (χ1n) is 6.21. The molecule has 0 aromatic carbocycles. The molecule has 0 aliphatic carbocycles. The zero-order chi connectivity index (χ0) is 14.8. The third-order valence-electron chi connectivity index (χ3n) is 2.71. The number of hydrogen-bond acceptors (Lipinski definition) is 4. The number of nitrogens with zero attached hydrogens (tertiary/aromatic N) is 1. The van der Waals surface area contributed by atoms with Crippen LogP contribution < -0.4 is 16.8 Å². The molecule has 7 nitrogen and oxygen atoms in total. The van der Waals surface area contributed by atoms with Gasteiger partial charge in [-0.1, -0.05) is 13.3 Å². The number of carbonyl (C=O) groups excluding carboxylic acids is 3. The number of nitrogens with two attached hydrogens (primary N) is 2. The lowest BCUT2D eigenvalue weighted by Gasteiger charge is -2.17. The van der Waals surface area contributed by atoms with Crippen LogP contribution in [0.15, 0.2) is 4.99 Å². The number of aliphatic imine (C=N–C) groups is 1. The summed E-state index contributed by atoms with van der Waals surface area (Å²) >= 11 is 0. The first-order valence-corrected chi connectivity index (χ1v) is 6.21. The molecule has 108 valence electrons. The van der Waals surface area contributed by atoms with Gasteiger partial charge in [0.2, 0.25) is 11.8 Å². The normalized spacial score (nSPS) is 13.4. The molecular formula is C12H22N4O3. The Morgan fingerprint density at radius 3 is 2.42 bits per heavy atom. The van der Waals surface area contributed by atoms with Crippen LogP contribution in [0.1, 0.15) is 32.6 Å². The van der Waals surface area contributed by atoms with Gasteiger partial charge in [-0.2, -0.15) is 0 Å². The van der Waals surface area contributed by atoms with E-state index in [2.05, 4.69) is 17.0 Å². The minimum absolute atomic E-state index is 0.264. The quantitative estimate of drug-likeness (QED) is 0.379. The Hall–Kier alpha value is -1.76. The van der Waals surface area contributed by atoms with Gasteiger partial charge in [-0.15, -0.1) is 0 Å². The molecule has 2 atom stereocenters. The molecule has 2 unspecified atom stereocenters. The lowest BCUT2D eigenvalue weighted by molar-refractivity contribution is -0.131. The van der Waals surface area contributed by atoms with E-state index >= 15 is 0 Å². The molecular weight excluding hydrogens is 248 g/mol. The van der Waals surface area contributed by atoms with E-state index < -0.39 is 17.9 Å². The summed E-state index contributed by atoms with van der Waals surface area (Å²) in [5.74, 6) is -1.92. The molecule has 0 aromatic heterocycles. The Kier molecular flexibility index (Phi) is 8.35. The number of primary amides is 1. The SMILES string of the molecule is C=NC(=O)C(CC(N)=O)NC(=O)C(C)CCCCN. The summed E-state index contributed by atoms with van der Waals surface area (Å²) in [6.45, 7) is 5.41. The van der Waals surface area contributed by atoms with Gasteiger partial charge in [0.05, 0.1) is 6.42 Å². The fourth-order valence-electron chi connectivity index (χ4n) is 1.55. The number of rotatable bonds is 9. The summed E-state index contributed by atoms with van der Waals surface area (Å²) in [7, 11) is 0. The molecule has 0 saturated heterocycles. The average Bonchev–Trinajstić information content (AvgIpc) is 2.36. The van der Waals surface area contributed by atoms with Gasteiger partial charge < -0.3 is 16.8 Å². The van der Waals surface area contributed by atoms with E-state index in [0.29, 0.717) is 13.0 Å². The van der Waals surface area contributed by atoms with Crippen LogP contribution >= 0.6 is 0 Å². The van der Waals surface area contributed by atoms with E-state index in [-0.39, 0.29) is 18.2 Å². The molecule has 0 bridgehead atoms. The molecule has 0 aliphatic rings. The predicted molar refractivity (Wildman–Crippen MR) is 72.4 cm³/mol. The van der Waals surface area contributed by atoms with Crippen LogP contribution in [0.4, 0.5) is 0 Å². The fraction of sp³-hybridized carbons (Fsp3) is 0.667. The van der Waals surface area contributed by atoms with Crippen molar-refractivity contribution in [3.8, 4) is 0 Å². The van der Waals surface area contributed by atoms with Gasteiger partial charge in [0.25, 0.3) is 5.91 Å². The van der Waals surface area contributed by atoms with Crippen LogP contribution in [-0.4, -0.2) is 37.0 Å². The smallest absolute Gasteiger partial charge is 0.268 e. The van der Waals surface area contributed by atoms with Gasteiger partial charge in [0.15, 0.2) is 0 Å². The molecule has 5 N–H and O–H groups in total. The molecule has 0 rings (SSSR count). The molecule has 0 spiro atoms. The fourth-order valence-corrected chi connectivity index (χ4v) is 1.55. The summed E-state index contributed by atoms with van der Waals surface area (Å²) in [5.41, 5.74) is 10.4. The van der Waals surface area contributed by atoms with Crippen molar-refractivity contribution in [2.45, 2.75) is 38.6 Å². The first-order chi connectivity index (χ1) is 8.92. The zero-order valence-corrected chi connectivity index (χ0v) is 11.2. The summed E-state index contributed by atoms with van der Waals surface area (Å²) in [5, 5.41) is 2.47. The molecule has 19 heavy (non-hydrogen) atoms. The van der Waals surface area contributed by atoms with Crippen molar-refractivity contribution in [1.29, 1.82) is 0 Å². The van der Waals surface area contributed by atoms with Gasteiger partial charge in [0.1, 0.15) is 6.04 Å². The number of unbranched alkanes of at least 4 members (excludes halogenated alkanes) is 1. The van der Waals surface area contributed by atoms with Crippen LogP contribution in [0.2, 0.25) is 0 Å². The lowest BCUT2D eigenvalue weighted by Crippen LogP contribution is -2.44. The Morgan fingerprint density at radius 1 is 1.32 bits per heavy atom. The van der Waals surface area contributed by atoms with E-state index in [4.69, 9.17) is 11.5 Å². The van der Waals surface area contributed by atoms with E-state index in [1.165, 1.54) is 0 Å². The maximum atomic E-state index is 11.8. The second-order valence-electron chi connectivity index (χ2n) is 4.41. The van der Waals surface area contributed by atoms with E-state index in [1.807, 2.05) is 0 Å². The second-order valence-corrected chi connectivity index (χ2v) is 4.41. The van der Waals surface area contributed by atoms with Crippen LogP contribution in [0.3, 0.4) is 0 Å². The Balaban J connectivity index is 4.40. The maximum absolute atomic E-state index is 11.8. The summed E-state index contributed by atoms with van der Waals surface area (Å²) < 4.78 is 0. The third kappa shape index (κ3) is 7.30. The molecule has 0 aliphatic heterocycles. The Bertz CT molecular complexity index is 344. The number of amides is 3. The van der Waals surface area contributed by atoms with Gasteiger partial charge in [0, 0.05) is 5.92 Å². The monoisotopic (exact) mass is 270 g/mol. The van der Waals surface area contributed by atoms with Crippen LogP contribution in [0, 0.1) is 5.92 Å². The lowest BCUT2D eigenvalue weighted by atomic mass is 10.0. The van der Waals surface area contributed by atoms with Crippen molar-refractivity contribution < 1.29 is 14.4 Å². The molecule has 0 aromatic rings. The highest BCUT2D eigenvalue weighted by atomic mass is 16.2. The summed E-state index contributed by atoms with van der Waals surface area (Å²) in [4.78, 5) is 37.3. The van der Waals surface area contributed by atoms with Gasteiger partial charge in [-0.05, 0) is 26.1 Å². The Labute approximate surface area is 112 Å². The Morgan fingerprint density at radius 2 is 1.95 bits per heavy atom. The van der Waals surface area contributed by atoms with Crippen LogP contribution in [-0.2, 0) is 14.4 Å². The zero-order valence-electron chi connectivity index (χ0n) is 11.2. The summed E-state index contributed by atoms with van der Waals surface area (Å²) in [6, 6.07) is -1.03. The molecule has 3 amide bonds. The highest BCUT2D eigenvalue weighted by molar-refractivity contribution is 5.93. The maximum Gasteiger partial charge on any atom is 0.268 e. The predicted octanol–water partition coefficient (Wildman–Crippen LogP) is -0.661.